The molecule has 0 atom stereocenters. The molecule has 0 aliphatic carbocycles. The number of hydrogen-bond acceptors (Lipinski definition) is 5. The van der Waals surface area contributed by atoms with E-state index in [-0.39, 0.29) is 19.6 Å². The first-order chi connectivity index (χ1) is 11.4. The number of nitrogens with zero attached hydrogens (tertiary/aromatic N) is 2. The Kier molecular flexibility index (Phi) is 5.60. The average Bonchev–Trinajstić information content (AvgIpc) is 2.54. The number of nitro benzene ring substituents is 1. The van der Waals surface area contributed by atoms with E-state index in [1.807, 2.05) is 0 Å². The fourth-order valence-electron chi connectivity index (χ4n) is 2.24. The van der Waals surface area contributed by atoms with E-state index in [1.54, 1.807) is 30.3 Å². The van der Waals surface area contributed by atoms with E-state index in [4.69, 9.17) is 5.73 Å². The summed E-state index contributed by atoms with van der Waals surface area (Å²) in [6.07, 6.45) is 0. The lowest BCUT2D eigenvalue weighted by atomic mass is 10.2. The number of hydrogen-bond donors (Lipinski definition) is 1. The molecule has 0 aliphatic rings. The van der Waals surface area contributed by atoms with Crippen molar-refractivity contribution in [2.24, 2.45) is 5.73 Å². The van der Waals surface area contributed by atoms with Crippen molar-refractivity contribution in [3.05, 3.63) is 70.0 Å². The highest BCUT2D eigenvalue weighted by molar-refractivity contribution is 7.89. The van der Waals surface area contributed by atoms with Gasteiger partial charge in [-0.1, -0.05) is 36.4 Å². The van der Waals surface area contributed by atoms with Crippen LogP contribution in [0.3, 0.4) is 0 Å². The second-order valence-electron chi connectivity index (χ2n) is 4.96. The van der Waals surface area contributed by atoms with E-state index in [0.717, 1.165) is 22.5 Å². The van der Waals surface area contributed by atoms with Gasteiger partial charge in [-0.05, 0) is 17.7 Å². The zero-order valence-electron chi connectivity index (χ0n) is 12.6. The molecular weight excluding hydrogens is 337 g/mol. The highest BCUT2D eigenvalue weighted by Crippen LogP contribution is 2.29. The van der Waals surface area contributed by atoms with E-state index in [9.17, 15) is 22.9 Å². The first-order valence-electron chi connectivity index (χ1n) is 7.05. The van der Waals surface area contributed by atoms with E-state index >= 15 is 0 Å². The van der Waals surface area contributed by atoms with Crippen LogP contribution in [0.25, 0.3) is 0 Å². The fourth-order valence-corrected chi connectivity index (χ4v) is 3.85. The molecule has 0 heterocycles. The van der Waals surface area contributed by atoms with Crippen LogP contribution in [-0.2, 0) is 16.6 Å². The van der Waals surface area contributed by atoms with Gasteiger partial charge in [0.1, 0.15) is 0 Å². The first-order valence-corrected chi connectivity index (χ1v) is 8.49. The van der Waals surface area contributed by atoms with Crippen LogP contribution in [0.2, 0.25) is 0 Å². The Morgan fingerprint density at radius 2 is 1.79 bits per heavy atom. The molecular formula is C15H16FN3O4S. The van der Waals surface area contributed by atoms with Crippen LogP contribution < -0.4 is 5.73 Å². The number of para-hydroxylation sites is 1. The molecule has 0 bridgehead atoms. The zero-order valence-corrected chi connectivity index (χ0v) is 13.4. The van der Waals surface area contributed by atoms with Gasteiger partial charge in [-0.25, -0.2) is 8.42 Å². The minimum absolute atomic E-state index is 0.0198. The summed E-state index contributed by atoms with van der Waals surface area (Å²) in [6.45, 7) is -0.0475. The summed E-state index contributed by atoms with van der Waals surface area (Å²) in [7, 11) is -4.29. The quantitative estimate of drug-likeness (QED) is 0.604. The molecule has 0 unspecified atom stereocenters. The Labute approximate surface area is 138 Å². The largest absolute Gasteiger partial charge is 0.329 e. The van der Waals surface area contributed by atoms with Gasteiger partial charge in [0, 0.05) is 19.6 Å². The maximum absolute atomic E-state index is 13.8. The van der Waals surface area contributed by atoms with Crippen molar-refractivity contribution in [3.8, 4) is 0 Å². The monoisotopic (exact) mass is 353 g/mol. The summed E-state index contributed by atoms with van der Waals surface area (Å²) in [6, 6.07) is 11.7. The van der Waals surface area contributed by atoms with Crippen molar-refractivity contribution in [1.29, 1.82) is 0 Å². The lowest BCUT2D eigenvalue weighted by Crippen LogP contribution is -2.35. The van der Waals surface area contributed by atoms with Gasteiger partial charge in [-0.3, -0.25) is 10.1 Å². The van der Waals surface area contributed by atoms with Crippen molar-refractivity contribution in [2.75, 3.05) is 13.1 Å². The topological polar surface area (TPSA) is 107 Å². The maximum atomic E-state index is 13.8. The molecule has 0 aromatic heterocycles. The van der Waals surface area contributed by atoms with E-state index in [0.29, 0.717) is 5.56 Å². The van der Waals surface area contributed by atoms with Crippen LogP contribution in [0.4, 0.5) is 10.1 Å². The van der Waals surface area contributed by atoms with Gasteiger partial charge in [0.2, 0.25) is 15.8 Å². The molecule has 0 radical (unpaired) electrons. The third-order valence-electron chi connectivity index (χ3n) is 3.33. The van der Waals surface area contributed by atoms with E-state index < -0.39 is 31.3 Å². The van der Waals surface area contributed by atoms with Gasteiger partial charge in [-0.2, -0.15) is 8.70 Å². The Hall–Kier alpha value is -2.36. The minimum atomic E-state index is -4.29. The van der Waals surface area contributed by atoms with Crippen molar-refractivity contribution in [1.82, 2.24) is 4.31 Å². The summed E-state index contributed by atoms with van der Waals surface area (Å²) in [5.74, 6) is -1.20. The average molecular weight is 353 g/mol. The molecule has 2 N–H and O–H groups in total. The molecule has 2 aromatic carbocycles. The van der Waals surface area contributed by atoms with Crippen LogP contribution in [0.5, 0.6) is 0 Å². The Bertz CT molecular complexity index is 828. The molecule has 128 valence electrons. The van der Waals surface area contributed by atoms with Gasteiger partial charge in [-0.15, -0.1) is 0 Å². The Morgan fingerprint density at radius 1 is 1.12 bits per heavy atom. The molecule has 2 aromatic rings. The molecule has 7 nitrogen and oxygen atoms in total. The predicted octanol–water partition coefficient (Wildman–Crippen LogP) is 1.88. The van der Waals surface area contributed by atoms with Crippen molar-refractivity contribution >= 4 is 15.7 Å². The number of halogens is 1. The smallest absolute Gasteiger partial charge is 0.324 e. The molecule has 9 heteroatoms. The minimum Gasteiger partial charge on any atom is -0.329 e. The summed E-state index contributed by atoms with van der Waals surface area (Å²) in [4.78, 5) is 9.37. The third-order valence-corrected chi connectivity index (χ3v) is 5.21. The molecule has 0 fully saturated rings. The molecule has 0 saturated carbocycles. The standard InChI is InChI=1S/C15H16FN3O4S/c16-13-7-4-8-14(15(13)19(20)21)24(22,23)18(10-9-17)11-12-5-2-1-3-6-12/h1-8H,9-11,17H2. The summed E-state index contributed by atoms with van der Waals surface area (Å²) < 4.78 is 40.4. The van der Waals surface area contributed by atoms with Crippen LogP contribution in [0, 0.1) is 15.9 Å². The summed E-state index contributed by atoms with van der Waals surface area (Å²) in [5, 5.41) is 11.1. The molecule has 0 amide bonds. The number of rotatable bonds is 7. The number of sulfonamides is 1. The van der Waals surface area contributed by atoms with Gasteiger partial charge in [0.15, 0.2) is 4.90 Å². The van der Waals surface area contributed by atoms with Gasteiger partial charge < -0.3 is 5.73 Å². The van der Waals surface area contributed by atoms with Gasteiger partial charge in [0.25, 0.3) is 0 Å². The van der Waals surface area contributed by atoms with Crippen LogP contribution >= 0.6 is 0 Å². The van der Waals surface area contributed by atoms with E-state index in [2.05, 4.69) is 0 Å². The fraction of sp³-hybridized carbons (Fsp3) is 0.200. The SMILES string of the molecule is NCCN(Cc1ccccc1)S(=O)(=O)c1cccc(F)c1[N+](=O)[O-]. The highest BCUT2D eigenvalue weighted by atomic mass is 32.2. The second-order valence-corrected chi connectivity index (χ2v) is 6.86. The van der Waals surface area contributed by atoms with Crippen molar-refractivity contribution < 1.29 is 17.7 Å². The number of benzene rings is 2. The summed E-state index contributed by atoms with van der Waals surface area (Å²) >= 11 is 0. The van der Waals surface area contributed by atoms with Gasteiger partial charge in [0.05, 0.1) is 4.92 Å². The Balaban J connectivity index is 2.50. The molecule has 0 saturated heterocycles. The molecule has 24 heavy (non-hydrogen) atoms. The number of nitro groups is 1. The lowest BCUT2D eigenvalue weighted by molar-refractivity contribution is -0.390. The van der Waals surface area contributed by atoms with Crippen LogP contribution in [-0.4, -0.2) is 30.7 Å². The van der Waals surface area contributed by atoms with E-state index in [1.165, 1.54) is 0 Å². The Morgan fingerprint density at radius 3 is 2.38 bits per heavy atom. The second kappa shape index (κ2) is 7.47. The van der Waals surface area contributed by atoms with Crippen molar-refractivity contribution in [2.45, 2.75) is 11.4 Å². The predicted molar refractivity (Wildman–Crippen MR) is 86.1 cm³/mol. The highest BCUT2D eigenvalue weighted by Gasteiger charge is 2.33. The molecule has 0 aliphatic heterocycles. The maximum Gasteiger partial charge on any atom is 0.324 e. The zero-order chi connectivity index (χ0) is 17.7. The number of nitrogens with two attached hydrogens (primary N) is 1. The van der Waals surface area contributed by atoms with Crippen molar-refractivity contribution in [3.63, 3.8) is 0 Å². The normalized spacial score (nSPS) is 11.6. The summed E-state index contributed by atoms with van der Waals surface area (Å²) in [5.41, 5.74) is 5.10. The lowest BCUT2D eigenvalue weighted by Gasteiger charge is -2.21. The molecule has 0 spiro atoms. The van der Waals surface area contributed by atoms with Crippen LogP contribution in [0.1, 0.15) is 5.56 Å². The van der Waals surface area contributed by atoms with Crippen LogP contribution in [0.15, 0.2) is 53.4 Å². The third kappa shape index (κ3) is 3.75. The van der Waals surface area contributed by atoms with Gasteiger partial charge >= 0.3 is 5.69 Å². The molecule has 2 rings (SSSR count). The first kappa shape index (κ1) is 18.0.